The summed E-state index contributed by atoms with van der Waals surface area (Å²) in [5, 5.41) is 10.5. The van der Waals surface area contributed by atoms with Crippen LogP contribution < -0.4 is 10.6 Å². The average molecular weight is 208 g/mol. The van der Waals surface area contributed by atoms with Gasteiger partial charge >= 0.3 is 0 Å². The number of hydrogen-bond donors (Lipinski definition) is 2. The maximum atomic E-state index is 11.4. The highest BCUT2D eigenvalue weighted by atomic mass is 16.1. The molecule has 2 rings (SSSR count). The molecule has 0 aliphatic carbocycles. The highest BCUT2D eigenvalue weighted by molar-refractivity contribution is 5.96. The summed E-state index contributed by atoms with van der Waals surface area (Å²) in [6, 6.07) is 0. The molecule has 0 bridgehead atoms. The molecular weight excluding hydrogens is 192 g/mol. The van der Waals surface area contributed by atoms with Gasteiger partial charge in [-0.15, -0.1) is 0 Å². The minimum atomic E-state index is 0.0617. The number of carbonyl (C=O) groups is 1. The first-order valence-corrected chi connectivity index (χ1v) is 5.32. The second-order valence-electron chi connectivity index (χ2n) is 3.77. The van der Waals surface area contributed by atoms with Crippen molar-refractivity contribution in [3.63, 3.8) is 0 Å². The van der Waals surface area contributed by atoms with Gasteiger partial charge in [0.1, 0.15) is 11.5 Å². The van der Waals surface area contributed by atoms with E-state index in [1.807, 2.05) is 7.05 Å². The van der Waals surface area contributed by atoms with Crippen LogP contribution in [0.15, 0.2) is 0 Å². The average Bonchev–Trinajstić information content (AvgIpc) is 2.38. The standard InChI is InChI=1S/C10H16N4O/c1-3-4-7-9-10(14(2)13-7)11-6-5-8(15)12-9/h11H,3-6H2,1-2H3,(H,12,15). The molecule has 0 atom stereocenters. The molecule has 2 N–H and O–H groups in total. The minimum Gasteiger partial charge on any atom is -0.368 e. The van der Waals surface area contributed by atoms with Gasteiger partial charge in [0.2, 0.25) is 5.91 Å². The summed E-state index contributed by atoms with van der Waals surface area (Å²) in [7, 11) is 1.89. The van der Waals surface area contributed by atoms with Gasteiger partial charge in [0.25, 0.3) is 0 Å². The lowest BCUT2D eigenvalue weighted by atomic mass is 10.2. The fraction of sp³-hybridized carbons (Fsp3) is 0.600. The summed E-state index contributed by atoms with van der Waals surface area (Å²) in [5.41, 5.74) is 1.83. The van der Waals surface area contributed by atoms with Gasteiger partial charge in [0.05, 0.1) is 5.69 Å². The van der Waals surface area contributed by atoms with E-state index in [-0.39, 0.29) is 5.91 Å². The van der Waals surface area contributed by atoms with Crippen LogP contribution >= 0.6 is 0 Å². The van der Waals surface area contributed by atoms with E-state index in [4.69, 9.17) is 0 Å². The van der Waals surface area contributed by atoms with Crippen LogP contribution in [0.25, 0.3) is 0 Å². The third-order valence-corrected chi connectivity index (χ3v) is 2.52. The van der Waals surface area contributed by atoms with Gasteiger partial charge in [0.15, 0.2) is 0 Å². The van der Waals surface area contributed by atoms with Gasteiger partial charge in [-0.1, -0.05) is 13.3 Å². The molecule has 1 aromatic heterocycles. The first-order valence-electron chi connectivity index (χ1n) is 5.32. The summed E-state index contributed by atoms with van der Waals surface area (Å²) < 4.78 is 1.80. The normalized spacial score (nSPS) is 15.2. The van der Waals surface area contributed by atoms with Crippen LogP contribution in [0.1, 0.15) is 25.5 Å². The zero-order chi connectivity index (χ0) is 10.8. The van der Waals surface area contributed by atoms with Crippen LogP contribution in [-0.2, 0) is 18.3 Å². The van der Waals surface area contributed by atoms with E-state index in [0.717, 1.165) is 30.0 Å². The maximum Gasteiger partial charge on any atom is 0.226 e. The van der Waals surface area contributed by atoms with Gasteiger partial charge in [0, 0.05) is 20.0 Å². The maximum absolute atomic E-state index is 11.4. The Bertz CT molecular complexity index is 383. The van der Waals surface area contributed by atoms with Crippen LogP contribution in [0.4, 0.5) is 11.5 Å². The number of carbonyl (C=O) groups excluding carboxylic acids is 1. The topological polar surface area (TPSA) is 59.0 Å². The summed E-state index contributed by atoms with van der Waals surface area (Å²) in [4.78, 5) is 11.4. The molecule has 0 radical (unpaired) electrons. The van der Waals surface area contributed by atoms with Crippen molar-refractivity contribution in [1.82, 2.24) is 9.78 Å². The van der Waals surface area contributed by atoms with Crippen LogP contribution in [0.3, 0.4) is 0 Å². The van der Waals surface area contributed by atoms with E-state index in [2.05, 4.69) is 22.7 Å². The van der Waals surface area contributed by atoms with Gasteiger partial charge in [-0.3, -0.25) is 9.48 Å². The third-order valence-electron chi connectivity index (χ3n) is 2.52. The zero-order valence-electron chi connectivity index (χ0n) is 9.13. The van der Waals surface area contributed by atoms with Gasteiger partial charge in [-0.25, -0.2) is 0 Å². The predicted molar refractivity (Wildman–Crippen MR) is 58.9 cm³/mol. The molecule has 0 spiro atoms. The molecule has 0 saturated heterocycles. The Morgan fingerprint density at radius 1 is 1.53 bits per heavy atom. The van der Waals surface area contributed by atoms with E-state index in [9.17, 15) is 4.79 Å². The summed E-state index contributed by atoms with van der Waals surface area (Å²) in [5.74, 6) is 0.982. The molecule has 2 heterocycles. The second kappa shape index (κ2) is 3.92. The number of amides is 1. The minimum absolute atomic E-state index is 0.0617. The van der Waals surface area contributed by atoms with Crippen LogP contribution in [0.2, 0.25) is 0 Å². The molecule has 0 aromatic carbocycles. The largest absolute Gasteiger partial charge is 0.368 e. The van der Waals surface area contributed by atoms with Crippen molar-refractivity contribution >= 4 is 17.4 Å². The van der Waals surface area contributed by atoms with Gasteiger partial charge in [-0.05, 0) is 6.42 Å². The van der Waals surface area contributed by atoms with E-state index in [1.54, 1.807) is 4.68 Å². The van der Waals surface area contributed by atoms with Crippen molar-refractivity contribution in [3.8, 4) is 0 Å². The number of fused-ring (bicyclic) bond motifs is 1. The molecule has 0 fully saturated rings. The number of nitrogens with zero attached hydrogens (tertiary/aromatic N) is 2. The zero-order valence-corrected chi connectivity index (χ0v) is 9.13. The second-order valence-corrected chi connectivity index (χ2v) is 3.77. The molecule has 0 unspecified atom stereocenters. The number of nitrogens with one attached hydrogen (secondary N) is 2. The Hall–Kier alpha value is -1.52. The third kappa shape index (κ3) is 1.82. The highest BCUT2D eigenvalue weighted by Gasteiger charge is 2.20. The number of rotatable bonds is 2. The summed E-state index contributed by atoms with van der Waals surface area (Å²) in [6.07, 6.45) is 2.44. The van der Waals surface area contributed by atoms with E-state index in [1.165, 1.54) is 0 Å². The van der Waals surface area contributed by atoms with Crippen LogP contribution in [0.5, 0.6) is 0 Å². The Morgan fingerprint density at radius 2 is 2.33 bits per heavy atom. The summed E-state index contributed by atoms with van der Waals surface area (Å²) in [6.45, 7) is 2.77. The summed E-state index contributed by atoms with van der Waals surface area (Å²) >= 11 is 0. The quantitative estimate of drug-likeness (QED) is 0.766. The van der Waals surface area contributed by atoms with Gasteiger partial charge < -0.3 is 10.6 Å². The molecule has 15 heavy (non-hydrogen) atoms. The molecule has 82 valence electrons. The molecule has 1 aliphatic rings. The van der Waals surface area contributed by atoms with Crippen LogP contribution in [-0.4, -0.2) is 22.2 Å². The Labute approximate surface area is 88.8 Å². The van der Waals surface area contributed by atoms with Crippen molar-refractivity contribution < 1.29 is 4.79 Å². The number of aromatic nitrogens is 2. The van der Waals surface area contributed by atoms with Crippen LogP contribution in [0, 0.1) is 0 Å². The first-order chi connectivity index (χ1) is 7.22. The monoisotopic (exact) mass is 208 g/mol. The van der Waals surface area contributed by atoms with E-state index >= 15 is 0 Å². The molecule has 1 amide bonds. The lowest BCUT2D eigenvalue weighted by Gasteiger charge is -2.03. The molecule has 0 saturated carbocycles. The number of aryl methyl sites for hydroxylation is 2. The van der Waals surface area contributed by atoms with Crippen molar-refractivity contribution in [1.29, 1.82) is 0 Å². The van der Waals surface area contributed by atoms with Crippen molar-refractivity contribution in [2.45, 2.75) is 26.2 Å². The Kier molecular flexibility index (Phi) is 2.62. The molecular formula is C10H16N4O. The number of hydrogen-bond acceptors (Lipinski definition) is 3. The fourth-order valence-corrected chi connectivity index (χ4v) is 1.82. The van der Waals surface area contributed by atoms with Crippen molar-refractivity contribution in [3.05, 3.63) is 5.69 Å². The Balaban J connectivity index is 2.39. The highest BCUT2D eigenvalue weighted by Crippen LogP contribution is 2.28. The molecule has 5 nitrogen and oxygen atoms in total. The predicted octanol–water partition coefficient (Wildman–Crippen LogP) is 1.13. The Morgan fingerprint density at radius 3 is 3.07 bits per heavy atom. The van der Waals surface area contributed by atoms with Crippen molar-refractivity contribution in [2.75, 3.05) is 17.2 Å². The SMILES string of the molecule is CCCc1nn(C)c2c1NC(=O)CCN2. The van der Waals surface area contributed by atoms with E-state index in [0.29, 0.717) is 13.0 Å². The number of anilines is 2. The van der Waals surface area contributed by atoms with Gasteiger partial charge in [-0.2, -0.15) is 5.10 Å². The molecule has 1 aliphatic heterocycles. The van der Waals surface area contributed by atoms with Crippen molar-refractivity contribution in [2.24, 2.45) is 7.05 Å². The molecule has 1 aromatic rings. The first kappa shape index (κ1) is 10.0. The van der Waals surface area contributed by atoms with E-state index < -0.39 is 0 Å². The lowest BCUT2D eigenvalue weighted by Crippen LogP contribution is -2.12. The fourth-order valence-electron chi connectivity index (χ4n) is 1.82. The smallest absolute Gasteiger partial charge is 0.226 e. The molecule has 5 heteroatoms. The lowest BCUT2D eigenvalue weighted by molar-refractivity contribution is -0.115.